The molecule has 1 aromatic heterocycles. The van der Waals surface area contributed by atoms with Crippen LogP contribution in [0.3, 0.4) is 0 Å². The van der Waals surface area contributed by atoms with Crippen molar-refractivity contribution in [2.45, 2.75) is 43.9 Å². The highest BCUT2D eigenvalue weighted by Gasteiger charge is 2.31. The van der Waals surface area contributed by atoms with Gasteiger partial charge in [-0.1, -0.05) is 0 Å². The van der Waals surface area contributed by atoms with E-state index in [0.29, 0.717) is 16.7 Å². The van der Waals surface area contributed by atoms with E-state index in [2.05, 4.69) is 10.3 Å². The molecular weight excluding hydrogens is 294 g/mol. The molecule has 0 aliphatic carbocycles. The van der Waals surface area contributed by atoms with Gasteiger partial charge in [-0.15, -0.1) is 11.3 Å². The Kier molecular flexibility index (Phi) is 5.17. The lowest BCUT2D eigenvalue weighted by Crippen LogP contribution is -2.44. The summed E-state index contributed by atoms with van der Waals surface area (Å²) in [6.07, 6.45) is 3.69. The summed E-state index contributed by atoms with van der Waals surface area (Å²) >= 11 is 1.25. The fourth-order valence-electron chi connectivity index (χ4n) is 2.50. The Morgan fingerprint density at radius 2 is 2.30 bits per heavy atom. The Balaban J connectivity index is 2.19. The highest BCUT2D eigenvalue weighted by molar-refractivity contribution is 7.91. The highest BCUT2D eigenvalue weighted by atomic mass is 32.2. The first kappa shape index (κ1) is 15.9. The van der Waals surface area contributed by atoms with E-state index in [9.17, 15) is 8.42 Å². The summed E-state index contributed by atoms with van der Waals surface area (Å²) < 4.78 is 27.5. The van der Waals surface area contributed by atoms with Gasteiger partial charge in [-0.2, -0.15) is 4.31 Å². The van der Waals surface area contributed by atoms with Gasteiger partial charge in [0.1, 0.15) is 0 Å². The molecule has 1 aliphatic heterocycles. The number of piperidine rings is 1. The molecule has 1 aliphatic rings. The number of thiazole rings is 1. The zero-order valence-electron chi connectivity index (χ0n) is 12.3. The van der Waals surface area contributed by atoms with Crippen molar-refractivity contribution in [2.75, 3.05) is 19.6 Å². The molecule has 1 N–H and O–H groups in total. The molecule has 0 bridgehead atoms. The Hall–Kier alpha value is -0.500. The number of nitrogens with zero attached hydrogens (tertiary/aromatic N) is 2. The van der Waals surface area contributed by atoms with E-state index in [0.717, 1.165) is 30.9 Å². The van der Waals surface area contributed by atoms with Crippen LogP contribution in [-0.2, 0) is 10.0 Å². The Bertz CT molecular complexity index is 534. The maximum Gasteiger partial charge on any atom is 0.254 e. The second-order valence-electron chi connectivity index (χ2n) is 5.58. The lowest BCUT2D eigenvalue weighted by molar-refractivity contribution is 0.264. The normalized spacial score (nSPS) is 20.8. The molecule has 20 heavy (non-hydrogen) atoms. The Morgan fingerprint density at radius 1 is 1.55 bits per heavy atom. The minimum Gasteiger partial charge on any atom is -0.316 e. The van der Waals surface area contributed by atoms with E-state index in [4.69, 9.17) is 0 Å². The van der Waals surface area contributed by atoms with E-state index in [1.54, 1.807) is 4.31 Å². The van der Waals surface area contributed by atoms with Crippen LogP contribution in [-0.4, -0.2) is 43.4 Å². The molecule has 1 aromatic rings. The minimum atomic E-state index is -3.42. The fraction of sp³-hybridized carbons (Fsp3) is 0.769. The third kappa shape index (κ3) is 3.58. The molecule has 1 fully saturated rings. The van der Waals surface area contributed by atoms with Crippen molar-refractivity contribution in [3.05, 3.63) is 11.2 Å². The highest BCUT2D eigenvalue weighted by Crippen LogP contribution is 2.25. The molecule has 1 atom stereocenters. The molecule has 0 radical (unpaired) electrons. The predicted molar refractivity (Wildman–Crippen MR) is 81.5 cm³/mol. The second-order valence-corrected chi connectivity index (χ2v) is 8.93. The van der Waals surface area contributed by atoms with Gasteiger partial charge in [0.15, 0.2) is 4.21 Å². The van der Waals surface area contributed by atoms with Crippen LogP contribution >= 0.6 is 11.3 Å². The first-order valence-corrected chi connectivity index (χ1v) is 9.32. The van der Waals surface area contributed by atoms with Gasteiger partial charge in [0.2, 0.25) is 0 Å². The number of aryl methyl sites for hydroxylation is 1. The number of sulfonamides is 1. The second kappa shape index (κ2) is 6.51. The quantitative estimate of drug-likeness (QED) is 0.900. The number of nitrogens with one attached hydrogen (secondary N) is 1. The Labute approximate surface area is 125 Å². The number of rotatable bonds is 5. The minimum absolute atomic E-state index is 0.0377. The molecule has 0 amide bonds. The van der Waals surface area contributed by atoms with Crippen molar-refractivity contribution in [1.29, 1.82) is 0 Å². The standard InChI is InChI=1S/C13H23N3O2S2/c1-10(2)16(9-12-5-4-6-14-7-12)20(17,18)13-8-15-11(3)19-13/h8,10,12,14H,4-7,9H2,1-3H3. The molecule has 114 valence electrons. The summed E-state index contributed by atoms with van der Waals surface area (Å²) in [5.41, 5.74) is 0. The molecule has 1 saturated heterocycles. The van der Waals surface area contributed by atoms with E-state index in [-0.39, 0.29) is 6.04 Å². The van der Waals surface area contributed by atoms with E-state index in [1.807, 2.05) is 20.8 Å². The number of hydrogen-bond donors (Lipinski definition) is 1. The number of hydrogen-bond acceptors (Lipinski definition) is 5. The monoisotopic (exact) mass is 317 g/mol. The molecule has 5 nitrogen and oxygen atoms in total. The SMILES string of the molecule is Cc1ncc(S(=O)(=O)N(CC2CCCNC2)C(C)C)s1. The van der Waals surface area contributed by atoms with Crippen molar-refractivity contribution in [3.63, 3.8) is 0 Å². The van der Waals surface area contributed by atoms with E-state index >= 15 is 0 Å². The fourth-order valence-corrected chi connectivity index (χ4v) is 5.45. The van der Waals surface area contributed by atoms with Crippen LogP contribution in [0.15, 0.2) is 10.4 Å². The lowest BCUT2D eigenvalue weighted by Gasteiger charge is -2.31. The molecule has 2 heterocycles. The van der Waals surface area contributed by atoms with Crippen LogP contribution in [0.2, 0.25) is 0 Å². The van der Waals surface area contributed by atoms with Crippen LogP contribution in [0.25, 0.3) is 0 Å². The molecule has 1 unspecified atom stereocenters. The largest absolute Gasteiger partial charge is 0.316 e. The van der Waals surface area contributed by atoms with Gasteiger partial charge in [0.25, 0.3) is 10.0 Å². The van der Waals surface area contributed by atoms with Crippen LogP contribution in [0, 0.1) is 12.8 Å². The summed E-state index contributed by atoms with van der Waals surface area (Å²) in [7, 11) is -3.42. The smallest absolute Gasteiger partial charge is 0.254 e. The van der Waals surface area contributed by atoms with Gasteiger partial charge in [0.05, 0.1) is 11.2 Å². The van der Waals surface area contributed by atoms with Gasteiger partial charge in [-0.05, 0) is 52.6 Å². The van der Waals surface area contributed by atoms with E-state index < -0.39 is 10.0 Å². The summed E-state index contributed by atoms with van der Waals surface area (Å²) in [4.78, 5) is 4.07. The zero-order chi connectivity index (χ0) is 14.8. The zero-order valence-corrected chi connectivity index (χ0v) is 13.9. The summed E-state index contributed by atoms with van der Waals surface area (Å²) in [6, 6.07) is -0.0377. The molecule has 7 heteroatoms. The van der Waals surface area contributed by atoms with Crippen LogP contribution in [0.5, 0.6) is 0 Å². The number of aromatic nitrogens is 1. The molecule has 2 rings (SSSR count). The van der Waals surface area contributed by atoms with Crippen molar-refractivity contribution in [1.82, 2.24) is 14.6 Å². The maximum atomic E-state index is 12.7. The summed E-state index contributed by atoms with van der Waals surface area (Å²) in [5, 5.41) is 4.13. The van der Waals surface area contributed by atoms with Crippen LogP contribution in [0.4, 0.5) is 0 Å². The third-order valence-corrected chi connectivity index (χ3v) is 6.97. The molecule has 0 spiro atoms. The summed E-state index contributed by atoms with van der Waals surface area (Å²) in [6.45, 7) is 8.22. The van der Waals surface area contributed by atoms with Crippen molar-refractivity contribution in [2.24, 2.45) is 5.92 Å². The topological polar surface area (TPSA) is 62.3 Å². The van der Waals surface area contributed by atoms with Gasteiger partial charge < -0.3 is 5.32 Å². The van der Waals surface area contributed by atoms with Crippen LogP contribution < -0.4 is 5.32 Å². The Morgan fingerprint density at radius 3 is 2.80 bits per heavy atom. The predicted octanol–water partition coefficient (Wildman–Crippen LogP) is 1.85. The van der Waals surface area contributed by atoms with Gasteiger partial charge in [-0.25, -0.2) is 13.4 Å². The first-order valence-electron chi connectivity index (χ1n) is 7.06. The third-order valence-electron chi connectivity index (χ3n) is 3.58. The first-order chi connectivity index (χ1) is 9.41. The average Bonchev–Trinajstić information content (AvgIpc) is 2.84. The lowest BCUT2D eigenvalue weighted by atomic mass is 9.99. The molecule has 0 saturated carbocycles. The average molecular weight is 317 g/mol. The van der Waals surface area contributed by atoms with E-state index in [1.165, 1.54) is 17.5 Å². The van der Waals surface area contributed by atoms with Crippen LogP contribution in [0.1, 0.15) is 31.7 Å². The van der Waals surface area contributed by atoms with Gasteiger partial charge in [0, 0.05) is 12.6 Å². The molecule has 0 aromatic carbocycles. The van der Waals surface area contributed by atoms with Crippen molar-refractivity contribution < 1.29 is 8.42 Å². The van der Waals surface area contributed by atoms with Crippen molar-refractivity contribution >= 4 is 21.4 Å². The van der Waals surface area contributed by atoms with Gasteiger partial charge in [-0.3, -0.25) is 0 Å². The summed E-state index contributed by atoms with van der Waals surface area (Å²) in [5.74, 6) is 0.398. The maximum absolute atomic E-state index is 12.7. The van der Waals surface area contributed by atoms with Crippen molar-refractivity contribution in [3.8, 4) is 0 Å². The van der Waals surface area contributed by atoms with Gasteiger partial charge >= 0.3 is 0 Å². The molecular formula is C13H23N3O2S2.